The molecule has 0 aromatic rings. The molecule has 0 amide bonds. The van der Waals surface area contributed by atoms with Gasteiger partial charge in [0, 0.05) is 12.8 Å². The molecular weight excluding hydrogens is 580 g/mol. The number of hydrogen-bond acceptors (Lipinski definition) is 3. The quantitative estimate of drug-likeness (QED) is 0.0427. The Morgan fingerprint density at radius 3 is 1.47 bits per heavy atom. The first-order chi connectivity index (χ1) is 23.1. The molecule has 0 aliphatic carbocycles. The highest BCUT2D eigenvalue weighted by Crippen LogP contribution is 2.14. The van der Waals surface area contributed by atoms with E-state index in [-0.39, 0.29) is 18.5 Å². The number of carbonyl (C=O) groups is 2. The van der Waals surface area contributed by atoms with Gasteiger partial charge < -0.3 is 9.84 Å². The first-order valence-electron chi connectivity index (χ1n) is 19.4. The summed E-state index contributed by atoms with van der Waals surface area (Å²) in [5.41, 5.74) is 0. The minimum absolute atomic E-state index is 0.141. The topological polar surface area (TPSA) is 63.6 Å². The smallest absolute Gasteiger partial charge is 0.306 e. The van der Waals surface area contributed by atoms with Gasteiger partial charge in [0.1, 0.15) is 6.10 Å². The van der Waals surface area contributed by atoms with Crippen molar-refractivity contribution in [2.24, 2.45) is 0 Å². The van der Waals surface area contributed by atoms with Crippen molar-refractivity contribution in [1.82, 2.24) is 0 Å². The molecule has 0 aromatic heterocycles. The van der Waals surface area contributed by atoms with E-state index in [1.54, 1.807) is 0 Å². The van der Waals surface area contributed by atoms with Crippen LogP contribution in [0.4, 0.5) is 0 Å². The first kappa shape index (κ1) is 44.4. The second kappa shape index (κ2) is 37.8. The fraction of sp³-hybridized carbons (Fsp3) is 0.674. The van der Waals surface area contributed by atoms with Gasteiger partial charge in [-0.3, -0.25) is 9.59 Å². The summed E-state index contributed by atoms with van der Waals surface area (Å²) in [6.45, 7) is 4.42. The van der Waals surface area contributed by atoms with Gasteiger partial charge in [0.2, 0.25) is 0 Å². The van der Waals surface area contributed by atoms with Gasteiger partial charge in [0.05, 0.1) is 0 Å². The fourth-order valence-corrected chi connectivity index (χ4v) is 5.30. The monoisotopic (exact) mass is 653 g/mol. The highest BCUT2D eigenvalue weighted by Gasteiger charge is 2.12. The van der Waals surface area contributed by atoms with E-state index in [9.17, 15) is 9.59 Å². The van der Waals surface area contributed by atoms with Crippen molar-refractivity contribution >= 4 is 11.9 Å². The number of rotatable bonds is 34. The maximum atomic E-state index is 12.5. The van der Waals surface area contributed by atoms with Crippen molar-refractivity contribution in [2.75, 3.05) is 0 Å². The second-order valence-corrected chi connectivity index (χ2v) is 12.7. The molecular formula is C43H72O4. The zero-order valence-corrected chi connectivity index (χ0v) is 30.6. The van der Waals surface area contributed by atoms with Gasteiger partial charge in [-0.05, 0) is 89.5 Å². The van der Waals surface area contributed by atoms with Gasteiger partial charge in [-0.2, -0.15) is 0 Å². The Morgan fingerprint density at radius 2 is 0.957 bits per heavy atom. The lowest BCUT2D eigenvalue weighted by Gasteiger charge is -2.14. The normalized spacial score (nSPS) is 13.1. The van der Waals surface area contributed by atoms with Crippen LogP contribution in [-0.4, -0.2) is 23.1 Å². The third-order valence-corrected chi connectivity index (χ3v) is 8.15. The first-order valence-corrected chi connectivity index (χ1v) is 19.4. The average Bonchev–Trinajstić information content (AvgIpc) is 3.06. The number of carboxylic acids is 1. The lowest BCUT2D eigenvalue weighted by atomic mass is 10.1. The summed E-state index contributed by atoms with van der Waals surface area (Å²) in [7, 11) is 0. The van der Waals surface area contributed by atoms with E-state index < -0.39 is 5.97 Å². The Morgan fingerprint density at radius 1 is 0.511 bits per heavy atom. The van der Waals surface area contributed by atoms with E-state index in [0.717, 1.165) is 51.4 Å². The number of allylic oxidation sites excluding steroid dienone is 11. The van der Waals surface area contributed by atoms with Gasteiger partial charge in [0.25, 0.3) is 0 Å². The van der Waals surface area contributed by atoms with Crippen LogP contribution < -0.4 is 0 Å². The summed E-state index contributed by atoms with van der Waals surface area (Å²) >= 11 is 0. The number of ether oxygens (including phenoxy) is 1. The van der Waals surface area contributed by atoms with Crippen molar-refractivity contribution in [3.8, 4) is 0 Å². The third-order valence-electron chi connectivity index (χ3n) is 8.15. The number of carboxylic acid groups (broad SMARTS) is 1. The maximum Gasteiger partial charge on any atom is 0.306 e. The van der Waals surface area contributed by atoms with Crippen LogP contribution in [0.3, 0.4) is 0 Å². The van der Waals surface area contributed by atoms with Crippen LogP contribution in [0.25, 0.3) is 0 Å². The Labute approximate surface area is 290 Å². The zero-order valence-electron chi connectivity index (χ0n) is 30.6. The molecule has 0 rings (SSSR count). The predicted molar refractivity (Wildman–Crippen MR) is 204 cm³/mol. The highest BCUT2D eigenvalue weighted by molar-refractivity contribution is 5.69. The molecule has 0 saturated heterocycles. The molecule has 0 bridgehead atoms. The molecule has 1 N–H and O–H groups in total. The van der Waals surface area contributed by atoms with Crippen LogP contribution in [0, 0.1) is 0 Å². The van der Waals surface area contributed by atoms with Gasteiger partial charge in [-0.15, -0.1) is 0 Å². The van der Waals surface area contributed by atoms with E-state index in [4.69, 9.17) is 9.84 Å². The van der Waals surface area contributed by atoms with Crippen LogP contribution >= 0.6 is 0 Å². The summed E-state index contributed by atoms with van der Waals surface area (Å²) in [5.74, 6) is -0.920. The number of hydrogen-bond donors (Lipinski definition) is 1. The molecule has 0 aliphatic heterocycles. The Bertz CT molecular complexity index is 876. The predicted octanol–water partition coefficient (Wildman–Crippen LogP) is 13.5. The second-order valence-electron chi connectivity index (χ2n) is 12.7. The molecule has 0 aromatic carbocycles. The lowest BCUT2D eigenvalue weighted by molar-refractivity contribution is -0.147. The van der Waals surface area contributed by atoms with Crippen LogP contribution in [-0.2, 0) is 14.3 Å². The third kappa shape index (κ3) is 37.7. The molecule has 0 saturated carbocycles. The van der Waals surface area contributed by atoms with Crippen molar-refractivity contribution in [3.63, 3.8) is 0 Å². The summed E-state index contributed by atoms with van der Waals surface area (Å²) < 4.78 is 5.78. The van der Waals surface area contributed by atoms with Crippen LogP contribution in [0.15, 0.2) is 72.9 Å². The van der Waals surface area contributed by atoms with Crippen molar-refractivity contribution in [2.45, 2.75) is 187 Å². The molecule has 0 aliphatic rings. The van der Waals surface area contributed by atoms with Gasteiger partial charge in [-0.1, -0.05) is 151 Å². The minimum Gasteiger partial charge on any atom is -0.481 e. The summed E-state index contributed by atoms with van der Waals surface area (Å²) in [6, 6.07) is 0. The fourth-order valence-electron chi connectivity index (χ4n) is 5.30. The van der Waals surface area contributed by atoms with Crippen LogP contribution in [0.5, 0.6) is 0 Å². The molecule has 268 valence electrons. The molecule has 0 fully saturated rings. The minimum atomic E-state index is -0.778. The number of aliphatic carboxylic acids is 1. The van der Waals surface area contributed by atoms with E-state index in [0.29, 0.717) is 19.3 Å². The highest BCUT2D eigenvalue weighted by atomic mass is 16.5. The molecule has 4 nitrogen and oxygen atoms in total. The van der Waals surface area contributed by atoms with Crippen LogP contribution in [0.1, 0.15) is 181 Å². The molecule has 47 heavy (non-hydrogen) atoms. The summed E-state index contributed by atoms with van der Waals surface area (Å²) in [5, 5.41) is 8.93. The average molecular weight is 653 g/mol. The van der Waals surface area contributed by atoms with E-state index in [1.807, 2.05) is 12.2 Å². The standard InChI is InChI=1S/C43H72O4/c1-3-5-7-9-11-13-15-17-19-20-21-22-24-26-28-30-32-34-40-43(46)47-41(38-35-36-39-42(44)45)37-33-31-29-27-25-23-18-16-14-12-10-8-6-4-2/h6,8,12,14,18-20,23,27,29,33,37,41H,3-5,7,9-11,13,15-17,21-22,24-26,28,30-32,34-36,38-40H2,1-2H3,(H,44,45)/b8-6-,14-12-,20-19-,23-18-,29-27-,37-33-. The largest absolute Gasteiger partial charge is 0.481 e. The maximum absolute atomic E-state index is 12.5. The van der Waals surface area contributed by atoms with Gasteiger partial charge >= 0.3 is 11.9 Å². The van der Waals surface area contributed by atoms with Crippen LogP contribution in [0.2, 0.25) is 0 Å². The van der Waals surface area contributed by atoms with Crippen molar-refractivity contribution in [1.29, 1.82) is 0 Å². The Kier molecular flexibility index (Phi) is 35.7. The molecule has 0 heterocycles. The lowest BCUT2D eigenvalue weighted by Crippen LogP contribution is -2.16. The zero-order chi connectivity index (χ0) is 34.3. The Hall–Kier alpha value is -2.62. The van der Waals surface area contributed by atoms with Gasteiger partial charge in [0.15, 0.2) is 0 Å². The SMILES string of the molecule is CC/C=C\C/C=C\C/C=C\C/C=C\C/C=C\C(CCCCC(=O)O)OC(=O)CCCCCCCCC/C=C\CCCCCCCCC. The molecule has 1 atom stereocenters. The van der Waals surface area contributed by atoms with E-state index in [1.165, 1.54) is 89.9 Å². The van der Waals surface area contributed by atoms with Gasteiger partial charge in [-0.25, -0.2) is 0 Å². The van der Waals surface area contributed by atoms with E-state index in [2.05, 4.69) is 74.6 Å². The number of unbranched alkanes of at least 4 members (excludes halogenated alkanes) is 15. The molecule has 1 unspecified atom stereocenters. The number of esters is 1. The summed E-state index contributed by atoms with van der Waals surface area (Å²) in [6.07, 6.45) is 53.6. The Balaban J connectivity index is 4.06. The molecule has 0 radical (unpaired) electrons. The van der Waals surface area contributed by atoms with Crippen molar-refractivity contribution in [3.05, 3.63) is 72.9 Å². The molecule has 4 heteroatoms. The summed E-state index contributed by atoms with van der Waals surface area (Å²) in [4.78, 5) is 23.4. The number of carbonyl (C=O) groups excluding carboxylic acids is 1. The van der Waals surface area contributed by atoms with E-state index >= 15 is 0 Å². The van der Waals surface area contributed by atoms with Crippen molar-refractivity contribution < 1.29 is 19.4 Å². The molecule has 0 spiro atoms.